The van der Waals surface area contributed by atoms with Gasteiger partial charge in [0.05, 0.1) is 29.2 Å². The monoisotopic (exact) mass is 304 g/mol. The van der Waals surface area contributed by atoms with Crippen molar-refractivity contribution in [3.05, 3.63) is 47.3 Å². The molecule has 0 radical (unpaired) electrons. The van der Waals surface area contributed by atoms with Gasteiger partial charge in [0.2, 0.25) is 0 Å². The maximum absolute atomic E-state index is 12.2. The summed E-state index contributed by atoms with van der Waals surface area (Å²) >= 11 is 5.92. The van der Waals surface area contributed by atoms with E-state index in [1.807, 2.05) is 0 Å². The second kappa shape index (κ2) is 5.29. The van der Waals surface area contributed by atoms with Crippen LogP contribution in [0.4, 0.5) is 0 Å². The third kappa shape index (κ3) is 2.42. The first-order valence-corrected chi connectivity index (χ1v) is 7.01. The van der Waals surface area contributed by atoms with Crippen molar-refractivity contribution < 1.29 is 9.59 Å². The molecule has 6 nitrogen and oxygen atoms in total. The summed E-state index contributed by atoms with van der Waals surface area (Å²) in [6, 6.07) is 6.83. The minimum atomic E-state index is -0.262. The maximum atomic E-state index is 12.2. The quantitative estimate of drug-likeness (QED) is 0.639. The average molecular weight is 305 g/mol. The first-order chi connectivity index (χ1) is 10.1. The summed E-state index contributed by atoms with van der Waals surface area (Å²) < 4.78 is 1.58. The third-order valence-corrected chi connectivity index (χ3v) is 3.62. The fraction of sp³-hybridized carbons (Fsp3) is 0.286. The maximum Gasteiger partial charge on any atom is 0.261 e. The number of aromatic nitrogens is 3. The SMILES string of the molecule is CC(Cl)c1cn(CCN2C(=O)c3ccccc3C2=O)nn1. The van der Waals surface area contributed by atoms with E-state index < -0.39 is 0 Å². The molecule has 3 rings (SSSR count). The molecule has 2 heterocycles. The normalized spacial score (nSPS) is 15.4. The number of alkyl halides is 1. The molecule has 7 heteroatoms. The van der Waals surface area contributed by atoms with Crippen LogP contribution in [0.2, 0.25) is 0 Å². The van der Waals surface area contributed by atoms with Crippen molar-refractivity contribution in [1.82, 2.24) is 19.9 Å². The molecule has 0 saturated carbocycles. The van der Waals surface area contributed by atoms with E-state index in [4.69, 9.17) is 11.6 Å². The zero-order chi connectivity index (χ0) is 15.0. The second-order valence-electron chi connectivity index (χ2n) is 4.83. The molecule has 0 saturated heterocycles. The van der Waals surface area contributed by atoms with Crippen LogP contribution in [0.25, 0.3) is 0 Å². The van der Waals surface area contributed by atoms with Gasteiger partial charge < -0.3 is 0 Å². The highest BCUT2D eigenvalue weighted by Gasteiger charge is 2.34. The molecular formula is C14H13ClN4O2. The molecule has 0 fully saturated rings. The molecule has 21 heavy (non-hydrogen) atoms. The summed E-state index contributed by atoms with van der Waals surface area (Å²) in [4.78, 5) is 25.6. The van der Waals surface area contributed by atoms with Gasteiger partial charge in [0.25, 0.3) is 11.8 Å². The molecule has 0 bridgehead atoms. The highest BCUT2D eigenvalue weighted by atomic mass is 35.5. The number of fused-ring (bicyclic) bond motifs is 1. The molecule has 1 aromatic carbocycles. The molecule has 2 amide bonds. The van der Waals surface area contributed by atoms with Gasteiger partial charge in [-0.15, -0.1) is 16.7 Å². The zero-order valence-corrected chi connectivity index (χ0v) is 12.1. The predicted octanol–water partition coefficient (Wildman–Crippen LogP) is 1.87. The minimum Gasteiger partial charge on any atom is -0.272 e. The lowest BCUT2D eigenvalue weighted by molar-refractivity contribution is 0.0647. The fourth-order valence-electron chi connectivity index (χ4n) is 2.25. The summed E-state index contributed by atoms with van der Waals surface area (Å²) in [7, 11) is 0. The van der Waals surface area contributed by atoms with Crippen LogP contribution in [0, 0.1) is 0 Å². The number of carbonyl (C=O) groups excluding carboxylic acids is 2. The number of rotatable bonds is 4. The molecule has 1 unspecified atom stereocenters. The molecule has 1 aromatic heterocycles. The summed E-state index contributed by atoms with van der Waals surface area (Å²) in [5.74, 6) is -0.525. The van der Waals surface area contributed by atoms with Gasteiger partial charge in [0, 0.05) is 6.54 Å². The van der Waals surface area contributed by atoms with E-state index >= 15 is 0 Å². The predicted molar refractivity (Wildman–Crippen MR) is 76.1 cm³/mol. The minimum absolute atomic E-state index is 0.224. The lowest BCUT2D eigenvalue weighted by Crippen LogP contribution is -2.33. The first kappa shape index (κ1) is 13.8. The van der Waals surface area contributed by atoms with Crippen molar-refractivity contribution in [2.75, 3.05) is 6.54 Å². The Morgan fingerprint density at radius 3 is 2.29 bits per heavy atom. The van der Waals surface area contributed by atoms with E-state index in [1.54, 1.807) is 42.1 Å². The largest absolute Gasteiger partial charge is 0.272 e. The molecule has 1 aliphatic heterocycles. The molecule has 0 spiro atoms. The van der Waals surface area contributed by atoms with Crippen molar-refractivity contribution in [3.63, 3.8) is 0 Å². The number of carbonyl (C=O) groups is 2. The number of hydrogen-bond donors (Lipinski definition) is 0. The van der Waals surface area contributed by atoms with Gasteiger partial charge >= 0.3 is 0 Å². The van der Waals surface area contributed by atoms with E-state index in [0.717, 1.165) is 0 Å². The van der Waals surface area contributed by atoms with E-state index in [9.17, 15) is 9.59 Å². The van der Waals surface area contributed by atoms with Crippen LogP contribution in [-0.4, -0.2) is 38.3 Å². The Balaban J connectivity index is 1.72. The third-order valence-electron chi connectivity index (χ3n) is 3.39. The molecule has 0 N–H and O–H groups in total. The van der Waals surface area contributed by atoms with Gasteiger partial charge in [-0.3, -0.25) is 19.2 Å². The van der Waals surface area contributed by atoms with E-state index in [0.29, 0.717) is 23.4 Å². The highest BCUT2D eigenvalue weighted by molar-refractivity contribution is 6.21. The van der Waals surface area contributed by atoms with Gasteiger partial charge in [-0.1, -0.05) is 17.3 Å². The number of halogens is 1. The number of benzene rings is 1. The zero-order valence-electron chi connectivity index (χ0n) is 11.4. The van der Waals surface area contributed by atoms with Gasteiger partial charge in [-0.05, 0) is 19.1 Å². The van der Waals surface area contributed by atoms with Gasteiger partial charge in [0.15, 0.2) is 0 Å². The Kier molecular flexibility index (Phi) is 3.47. The lowest BCUT2D eigenvalue weighted by Gasteiger charge is -2.13. The van der Waals surface area contributed by atoms with Crippen molar-refractivity contribution in [2.24, 2.45) is 0 Å². The van der Waals surface area contributed by atoms with Gasteiger partial charge in [-0.25, -0.2) is 0 Å². The first-order valence-electron chi connectivity index (χ1n) is 6.57. The number of hydrogen-bond acceptors (Lipinski definition) is 4. The van der Waals surface area contributed by atoms with Crippen molar-refractivity contribution in [1.29, 1.82) is 0 Å². The average Bonchev–Trinajstić information content (AvgIpc) is 3.03. The molecule has 1 atom stereocenters. The Morgan fingerprint density at radius 2 is 1.76 bits per heavy atom. The van der Waals surface area contributed by atoms with Crippen molar-refractivity contribution in [3.8, 4) is 0 Å². The van der Waals surface area contributed by atoms with Crippen LogP contribution in [0.1, 0.15) is 38.7 Å². The van der Waals surface area contributed by atoms with E-state index in [-0.39, 0.29) is 23.7 Å². The van der Waals surface area contributed by atoms with Crippen LogP contribution in [0.15, 0.2) is 30.5 Å². The second-order valence-corrected chi connectivity index (χ2v) is 5.48. The number of nitrogens with zero attached hydrogens (tertiary/aromatic N) is 4. The molecule has 1 aliphatic rings. The number of amides is 2. The molecule has 108 valence electrons. The molecule has 2 aromatic rings. The summed E-state index contributed by atoms with van der Waals surface area (Å²) in [5.41, 5.74) is 1.58. The number of imide groups is 1. The van der Waals surface area contributed by atoms with Crippen molar-refractivity contribution >= 4 is 23.4 Å². The lowest BCUT2D eigenvalue weighted by atomic mass is 10.1. The van der Waals surface area contributed by atoms with Crippen LogP contribution >= 0.6 is 11.6 Å². The molecule has 0 aliphatic carbocycles. The van der Waals surface area contributed by atoms with E-state index in [1.165, 1.54) is 4.90 Å². The van der Waals surface area contributed by atoms with Crippen LogP contribution in [0.3, 0.4) is 0 Å². The van der Waals surface area contributed by atoms with Gasteiger partial charge in [-0.2, -0.15) is 0 Å². The highest BCUT2D eigenvalue weighted by Crippen LogP contribution is 2.22. The standard InChI is InChI=1S/C14H13ClN4O2/c1-9(15)12-8-18(17-16-12)6-7-19-13(20)10-4-2-3-5-11(10)14(19)21/h2-5,8-9H,6-7H2,1H3. The Hall–Kier alpha value is -2.21. The smallest absolute Gasteiger partial charge is 0.261 e. The summed E-state index contributed by atoms with van der Waals surface area (Å²) in [6.07, 6.45) is 1.72. The summed E-state index contributed by atoms with van der Waals surface area (Å²) in [5, 5.41) is 7.64. The van der Waals surface area contributed by atoms with Gasteiger partial charge in [0.1, 0.15) is 5.69 Å². The van der Waals surface area contributed by atoms with E-state index in [2.05, 4.69) is 10.3 Å². The fourth-order valence-corrected chi connectivity index (χ4v) is 2.35. The summed E-state index contributed by atoms with van der Waals surface area (Å²) in [6.45, 7) is 2.45. The topological polar surface area (TPSA) is 68.1 Å². The van der Waals surface area contributed by atoms with Crippen LogP contribution in [0.5, 0.6) is 0 Å². The Bertz CT molecular complexity index is 676. The van der Waals surface area contributed by atoms with Crippen LogP contribution in [-0.2, 0) is 6.54 Å². The van der Waals surface area contributed by atoms with Crippen molar-refractivity contribution in [2.45, 2.75) is 18.8 Å². The Morgan fingerprint density at radius 1 is 1.14 bits per heavy atom. The molecular weight excluding hydrogens is 292 g/mol. The Labute approximate surface area is 126 Å². The van der Waals surface area contributed by atoms with Crippen LogP contribution < -0.4 is 0 Å².